The van der Waals surface area contributed by atoms with Gasteiger partial charge in [0.05, 0.1) is 28.6 Å². The van der Waals surface area contributed by atoms with Crippen molar-refractivity contribution in [1.82, 2.24) is 4.31 Å². The van der Waals surface area contributed by atoms with Crippen molar-refractivity contribution in [2.24, 2.45) is 0 Å². The summed E-state index contributed by atoms with van der Waals surface area (Å²) in [7, 11) is 0.714. The zero-order chi connectivity index (χ0) is 16.2. The molecule has 0 aliphatic heterocycles. The molecule has 0 aliphatic rings. The van der Waals surface area contributed by atoms with Crippen LogP contribution in [0, 0.1) is 11.3 Å². The van der Waals surface area contributed by atoms with Gasteiger partial charge >= 0.3 is 5.97 Å². The lowest BCUT2D eigenvalue weighted by molar-refractivity contribution is 0.0697. The normalized spacial score (nSPS) is 11.2. The first-order valence-corrected chi connectivity index (χ1v) is 7.53. The molecule has 1 N–H and O–H groups in total. The maximum atomic E-state index is 12.0. The number of rotatable bonds is 6. The van der Waals surface area contributed by atoms with E-state index in [1.165, 1.54) is 26.2 Å². The molecule has 0 unspecified atom stereocenters. The molecule has 21 heavy (non-hydrogen) atoms. The number of carboxylic acid groups (broad SMARTS) is 1. The molecule has 0 bridgehead atoms. The quantitative estimate of drug-likeness (QED) is 0.840. The molecule has 0 saturated carbocycles. The van der Waals surface area contributed by atoms with Crippen molar-refractivity contribution in [3.05, 3.63) is 23.8 Å². The third-order valence-corrected chi connectivity index (χ3v) is 4.76. The molecule has 0 atom stereocenters. The Bertz CT molecular complexity index is 677. The second kappa shape index (κ2) is 6.56. The van der Waals surface area contributed by atoms with Gasteiger partial charge in [-0.25, -0.2) is 17.5 Å². The molecule has 1 aromatic carbocycles. The standard InChI is InChI=1S/C13H17N3O4S/c1-15(2)21(19,20)10-5-6-12(11(9-10)13(17)18)16(3)8-4-7-14/h5-6,9H,4,8H2,1-3H3,(H,17,18). The van der Waals surface area contributed by atoms with Gasteiger partial charge in [-0.05, 0) is 18.2 Å². The van der Waals surface area contributed by atoms with Gasteiger partial charge in [-0.15, -0.1) is 0 Å². The Hall–Kier alpha value is -2.11. The maximum Gasteiger partial charge on any atom is 0.337 e. The van der Waals surface area contributed by atoms with Crippen molar-refractivity contribution in [3.63, 3.8) is 0 Å². The lowest BCUT2D eigenvalue weighted by atomic mass is 10.1. The molecule has 1 aromatic rings. The SMILES string of the molecule is CN(CCC#N)c1ccc(S(=O)(=O)N(C)C)cc1C(=O)O. The van der Waals surface area contributed by atoms with Gasteiger partial charge in [0, 0.05) is 27.7 Å². The van der Waals surface area contributed by atoms with E-state index in [0.29, 0.717) is 12.2 Å². The third-order valence-electron chi connectivity index (χ3n) is 2.95. The van der Waals surface area contributed by atoms with E-state index >= 15 is 0 Å². The van der Waals surface area contributed by atoms with Crippen LogP contribution in [0.3, 0.4) is 0 Å². The molecule has 7 nitrogen and oxygen atoms in total. The van der Waals surface area contributed by atoms with Gasteiger partial charge in [0.2, 0.25) is 10.0 Å². The van der Waals surface area contributed by atoms with E-state index < -0.39 is 16.0 Å². The summed E-state index contributed by atoms with van der Waals surface area (Å²) in [6.07, 6.45) is 0.243. The van der Waals surface area contributed by atoms with E-state index in [2.05, 4.69) is 0 Å². The van der Waals surface area contributed by atoms with Crippen molar-refractivity contribution in [3.8, 4) is 6.07 Å². The summed E-state index contributed by atoms with van der Waals surface area (Å²) in [5.41, 5.74) is 0.258. The number of carboxylic acids is 1. The van der Waals surface area contributed by atoms with Crippen molar-refractivity contribution in [1.29, 1.82) is 5.26 Å². The molecule has 0 fully saturated rings. The molecule has 114 valence electrons. The molecular formula is C13H17N3O4S. The Morgan fingerprint density at radius 2 is 1.95 bits per heavy atom. The van der Waals surface area contributed by atoms with Gasteiger partial charge in [-0.3, -0.25) is 0 Å². The van der Waals surface area contributed by atoms with Crippen LogP contribution in [0.5, 0.6) is 0 Å². The number of sulfonamides is 1. The van der Waals surface area contributed by atoms with Gasteiger partial charge in [-0.2, -0.15) is 5.26 Å². The Morgan fingerprint density at radius 3 is 2.43 bits per heavy atom. The zero-order valence-corrected chi connectivity index (χ0v) is 12.9. The van der Waals surface area contributed by atoms with Crippen LogP contribution in [0.1, 0.15) is 16.8 Å². The van der Waals surface area contributed by atoms with Crippen LogP contribution in [0.2, 0.25) is 0 Å². The first-order valence-electron chi connectivity index (χ1n) is 6.09. The number of benzene rings is 1. The smallest absolute Gasteiger partial charge is 0.337 e. The molecule has 0 aliphatic carbocycles. The molecule has 0 radical (unpaired) electrons. The maximum absolute atomic E-state index is 12.0. The monoisotopic (exact) mass is 311 g/mol. The van der Waals surface area contributed by atoms with E-state index in [9.17, 15) is 18.3 Å². The minimum absolute atomic E-state index is 0.0812. The number of nitrogens with zero attached hydrogens (tertiary/aromatic N) is 3. The summed E-state index contributed by atoms with van der Waals surface area (Å²) < 4.78 is 25.1. The van der Waals surface area contributed by atoms with Gasteiger partial charge in [-0.1, -0.05) is 0 Å². The minimum atomic E-state index is -3.69. The number of anilines is 1. The van der Waals surface area contributed by atoms with Gasteiger partial charge in [0.15, 0.2) is 0 Å². The lowest BCUT2D eigenvalue weighted by Gasteiger charge is -2.21. The van der Waals surface area contributed by atoms with Crippen LogP contribution < -0.4 is 4.90 Å². The second-order valence-corrected chi connectivity index (χ2v) is 6.75. The highest BCUT2D eigenvalue weighted by molar-refractivity contribution is 7.89. The van der Waals surface area contributed by atoms with E-state index in [0.717, 1.165) is 10.4 Å². The third kappa shape index (κ3) is 3.71. The molecule has 1 rings (SSSR count). The molecule has 0 heterocycles. The fourth-order valence-corrected chi connectivity index (χ4v) is 2.66. The fraction of sp³-hybridized carbons (Fsp3) is 0.385. The predicted molar refractivity (Wildman–Crippen MR) is 77.8 cm³/mol. The fourth-order valence-electron chi connectivity index (χ4n) is 1.73. The molecular weight excluding hydrogens is 294 g/mol. The molecule has 0 amide bonds. The van der Waals surface area contributed by atoms with Crippen molar-refractivity contribution < 1.29 is 18.3 Å². The first-order chi connectivity index (χ1) is 9.71. The van der Waals surface area contributed by atoms with Crippen LogP contribution in [0.4, 0.5) is 5.69 Å². The Kier molecular flexibility index (Phi) is 5.29. The number of aromatic carboxylic acids is 1. The topological polar surface area (TPSA) is 102 Å². The van der Waals surface area contributed by atoms with E-state index in [-0.39, 0.29) is 16.9 Å². The zero-order valence-electron chi connectivity index (χ0n) is 12.1. The molecule has 0 spiro atoms. The van der Waals surface area contributed by atoms with Crippen molar-refractivity contribution in [2.75, 3.05) is 32.6 Å². The van der Waals surface area contributed by atoms with Crippen molar-refractivity contribution in [2.45, 2.75) is 11.3 Å². The summed E-state index contributed by atoms with van der Waals surface area (Å²) in [5.74, 6) is -1.22. The van der Waals surface area contributed by atoms with Crippen LogP contribution in [-0.2, 0) is 10.0 Å². The molecule has 0 saturated heterocycles. The molecule has 0 aromatic heterocycles. The number of hydrogen-bond donors (Lipinski definition) is 1. The highest BCUT2D eigenvalue weighted by Gasteiger charge is 2.22. The predicted octanol–water partition coefficient (Wildman–Crippen LogP) is 0.985. The van der Waals surface area contributed by atoms with Crippen molar-refractivity contribution >= 4 is 21.7 Å². The Balaban J connectivity index is 3.33. The summed E-state index contributed by atoms with van der Waals surface area (Å²) in [5, 5.41) is 17.8. The summed E-state index contributed by atoms with van der Waals surface area (Å²) in [6.45, 7) is 0.358. The number of carbonyl (C=O) groups is 1. The average molecular weight is 311 g/mol. The summed E-state index contributed by atoms with van der Waals surface area (Å²) >= 11 is 0. The lowest BCUT2D eigenvalue weighted by Crippen LogP contribution is -2.24. The largest absolute Gasteiger partial charge is 0.478 e. The molecule has 8 heteroatoms. The van der Waals surface area contributed by atoms with Crippen LogP contribution in [-0.4, -0.2) is 51.5 Å². The van der Waals surface area contributed by atoms with Gasteiger partial charge in [0.1, 0.15) is 0 Å². The summed E-state index contributed by atoms with van der Waals surface area (Å²) in [4.78, 5) is 12.9. The van der Waals surface area contributed by atoms with Crippen LogP contribution in [0.25, 0.3) is 0 Å². The minimum Gasteiger partial charge on any atom is -0.478 e. The van der Waals surface area contributed by atoms with Crippen LogP contribution >= 0.6 is 0 Å². The summed E-state index contributed by atoms with van der Waals surface area (Å²) in [6, 6.07) is 5.91. The highest BCUT2D eigenvalue weighted by atomic mass is 32.2. The number of hydrogen-bond acceptors (Lipinski definition) is 5. The number of nitriles is 1. The first kappa shape index (κ1) is 16.9. The average Bonchev–Trinajstić information content (AvgIpc) is 2.43. The van der Waals surface area contributed by atoms with E-state index in [4.69, 9.17) is 5.26 Å². The Morgan fingerprint density at radius 1 is 1.33 bits per heavy atom. The Labute approximate surface area is 124 Å². The van der Waals surface area contributed by atoms with E-state index in [1.807, 2.05) is 6.07 Å². The second-order valence-electron chi connectivity index (χ2n) is 4.60. The van der Waals surface area contributed by atoms with Gasteiger partial charge < -0.3 is 10.0 Å². The highest BCUT2D eigenvalue weighted by Crippen LogP contribution is 2.24. The van der Waals surface area contributed by atoms with E-state index in [1.54, 1.807) is 11.9 Å². The van der Waals surface area contributed by atoms with Crippen LogP contribution in [0.15, 0.2) is 23.1 Å². The van der Waals surface area contributed by atoms with Gasteiger partial charge in [0.25, 0.3) is 0 Å².